The van der Waals surface area contributed by atoms with Crippen molar-refractivity contribution < 1.29 is 14.4 Å². The summed E-state index contributed by atoms with van der Waals surface area (Å²) < 4.78 is 0. The minimum absolute atomic E-state index is 0.116. The van der Waals surface area contributed by atoms with E-state index < -0.39 is 6.04 Å². The maximum Gasteiger partial charge on any atom is 0.324 e. The highest BCUT2D eigenvalue weighted by molar-refractivity contribution is 5.98. The number of nitrogens with zero attached hydrogens (tertiary/aromatic N) is 2. The van der Waals surface area contributed by atoms with Crippen molar-refractivity contribution >= 4 is 17.8 Å². The standard InChI is InChI=1S/C12H22N4O3/c1-4-13-10(17)8-15(5-2)9(3)11(18)16-7-6-14-12(16)19/h9H,4-8H2,1-3H3,(H,13,17)(H,14,19)/t9-/m1/s1. The number of imide groups is 1. The van der Waals surface area contributed by atoms with Crippen LogP contribution in [0.5, 0.6) is 0 Å². The second-order valence-corrected chi connectivity index (χ2v) is 4.41. The lowest BCUT2D eigenvalue weighted by Gasteiger charge is -2.28. The van der Waals surface area contributed by atoms with E-state index in [1.54, 1.807) is 11.8 Å². The Balaban J connectivity index is 2.61. The summed E-state index contributed by atoms with van der Waals surface area (Å²) >= 11 is 0. The lowest BCUT2D eigenvalue weighted by Crippen LogP contribution is -2.50. The molecule has 0 aromatic carbocycles. The van der Waals surface area contributed by atoms with Crippen molar-refractivity contribution in [1.82, 2.24) is 20.4 Å². The molecule has 108 valence electrons. The van der Waals surface area contributed by atoms with Crippen molar-refractivity contribution in [1.29, 1.82) is 0 Å². The Morgan fingerprint density at radius 2 is 2.16 bits per heavy atom. The van der Waals surface area contributed by atoms with E-state index in [-0.39, 0.29) is 24.4 Å². The van der Waals surface area contributed by atoms with Crippen molar-refractivity contribution in [3.05, 3.63) is 0 Å². The number of amides is 4. The van der Waals surface area contributed by atoms with Crippen molar-refractivity contribution in [3.8, 4) is 0 Å². The van der Waals surface area contributed by atoms with Crippen LogP contribution in [-0.4, -0.2) is 66.4 Å². The largest absolute Gasteiger partial charge is 0.355 e. The van der Waals surface area contributed by atoms with Crippen LogP contribution in [0.3, 0.4) is 0 Å². The summed E-state index contributed by atoms with van der Waals surface area (Å²) in [5, 5.41) is 5.29. The molecule has 1 rings (SSSR count). The number of carbonyl (C=O) groups excluding carboxylic acids is 3. The molecule has 1 aliphatic rings. The summed E-state index contributed by atoms with van der Waals surface area (Å²) in [6.45, 7) is 7.61. The Kier molecular flexibility index (Phi) is 5.75. The number of hydrogen-bond acceptors (Lipinski definition) is 4. The Labute approximate surface area is 113 Å². The summed E-state index contributed by atoms with van der Waals surface area (Å²) in [6, 6.07) is -0.845. The van der Waals surface area contributed by atoms with E-state index >= 15 is 0 Å². The molecule has 19 heavy (non-hydrogen) atoms. The molecule has 1 atom stereocenters. The van der Waals surface area contributed by atoms with Crippen LogP contribution >= 0.6 is 0 Å². The lowest BCUT2D eigenvalue weighted by molar-refractivity contribution is -0.133. The molecule has 0 aromatic heterocycles. The summed E-state index contributed by atoms with van der Waals surface area (Å²) in [6.07, 6.45) is 0. The van der Waals surface area contributed by atoms with E-state index in [1.165, 1.54) is 4.90 Å². The van der Waals surface area contributed by atoms with Crippen LogP contribution in [0.15, 0.2) is 0 Å². The molecule has 0 radical (unpaired) electrons. The van der Waals surface area contributed by atoms with Gasteiger partial charge in [0.2, 0.25) is 11.8 Å². The van der Waals surface area contributed by atoms with Crippen LogP contribution in [0.1, 0.15) is 20.8 Å². The Bertz CT molecular complexity index is 359. The van der Waals surface area contributed by atoms with E-state index in [2.05, 4.69) is 10.6 Å². The minimum atomic E-state index is -0.489. The molecule has 1 aliphatic heterocycles. The third kappa shape index (κ3) is 3.92. The van der Waals surface area contributed by atoms with Gasteiger partial charge in [0.15, 0.2) is 0 Å². The molecule has 0 saturated carbocycles. The number of carbonyl (C=O) groups is 3. The average molecular weight is 270 g/mol. The first-order chi connectivity index (χ1) is 9.01. The third-order valence-corrected chi connectivity index (χ3v) is 3.15. The highest BCUT2D eigenvalue weighted by Gasteiger charge is 2.32. The second kappa shape index (κ2) is 7.08. The lowest BCUT2D eigenvalue weighted by atomic mass is 10.2. The predicted octanol–water partition coefficient (Wildman–Crippen LogP) is -0.615. The molecule has 2 N–H and O–H groups in total. The number of rotatable bonds is 6. The van der Waals surface area contributed by atoms with Crippen molar-refractivity contribution in [3.63, 3.8) is 0 Å². The number of urea groups is 1. The van der Waals surface area contributed by atoms with Gasteiger partial charge >= 0.3 is 6.03 Å². The molecule has 0 aromatic rings. The van der Waals surface area contributed by atoms with Gasteiger partial charge in [-0.2, -0.15) is 0 Å². The van der Waals surface area contributed by atoms with Crippen LogP contribution in [0.4, 0.5) is 4.79 Å². The monoisotopic (exact) mass is 270 g/mol. The van der Waals surface area contributed by atoms with E-state index in [1.807, 2.05) is 13.8 Å². The first kappa shape index (κ1) is 15.4. The van der Waals surface area contributed by atoms with Gasteiger partial charge in [-0.05, 0) is 20.4 Å². The highest BCUT2D eigenvalue weighted by atomic mass is 16.2. The second-order valence-electron chi connectivity index (χ2n) is 4.41. The van der Waals surface area contributed by atoms with E-state index in [4.69, 9.17) is 0 Å². The molecule has 0 bridgehead atoms. The van der Waals surface area contributed by atoms with Gasteiger partial charge in [0.25, 0.3) is 0 Å². The zero-order valence-electron chi connectivity index (χ0n) is 11.7. The zero-order valence-corrected chi connectivity index (χ0v) is 11.7. The number of likely N-dealkylation sites (N-methyl/N-ethyl adjacent to an activating group) is 2. The van der Waals surface area contributed by atoms with Gasteiger partial charge in [0.1, 0.15) is 0 Å². The molecule has 1 saturated heterocycles. The van der Waals surface area contributed by atoms with Crippen LogP contribution in [0, 0.1) is 0 Å². The molecule has 1 fully saturated rings. The van der Waals surface area contributed by atoms with Crippen LogP contribution in [-0.2, 0) is 9.59 Å². The maximum absolute atomic E-state index is 12.2. The van der Waals surface area contributed by atoms with Crippen LogP contribution in [0.25, 0.3) is 0 Å². The first-order valence-corrected chi connectivity index (χ1v) is 6.61. The maximum atomic E-state index is 12.2. The number of hydrogen-bond donors (Lipinski definition) is 2. The first-order valence-electron chi connectivity index (χ1n) is 6.61. The summed E-state index contributed by atoms with van der Waals surface area (Å²) in [7, 11) is 0. The van der Waals surface area contributed by atoms with Crippen molar-refractivity contribution in [2.45, 2.75) is 26.8 Å². The fraction of sp³-hybridized carbons (Fsp3) is 0.750. The molecule has 4 amide bonds. The van der Waals surface area contributed by atoms with Crippen molar-refractivity contribution in [2.24, 2.45) is 0 Å². The molecule has 0 aliphatic carbocycles. The third-order valence-electron chi connectivity index (χ3n) is 3.15. The smallest absolute Gasteiger partial charge is 0.324 e. The average Bonchev–Trinajstić information content (AvgIpc) is 2.81. The quantitative estimate of drug-likeness (QED) is 0.674. The van der Waals surface area contributed by atoms with Gasteiger partial charge in [-0.3, -0.25) is 19.4 Å². The van der Waals surface area contributed by atoms with Gasteiger partial charge in [-0.25, -0.2) is 4.79 Å². The predicted molar refractivity (Wildman–Crippen MR) is 70.5 cm³/mol. The molecule has 0 spiro atoms. The van der Waals surface area contributed by atoms with E-state index in [0.717, 1.165) is 0 Å². The molecular weight excluding hydrogens is 248 g/mol. The molecule has 7 heteroatoms. The minimum Gasteiger partial charge on any atom is -0.355 e. The number of nitrogens with one attached hydrogen (secondary N) is 2. The molecule has 0 unspecified atom stereocenters. The topological polar surface area (TPSA) is 81.8 Å². The summed E-state index contributed by atoms with van der Waals surface area (Å²) in [5.74, 6) is -0.379. The Morgan fingerprint density at radius 3 is 2.63 bits per heavy atom. The van der Waals surface area contributed by atoms with Gasteiger partial charge in [0.05, 0.1) is 12.6 Å². The SMILES string of the molecule is CCNC(=O)CN(CC)[C@H](C)C(=O)N1CCNC1=O. The fourth-order valence-electron chi connectivity index (χ4n) is 2.02. The normalized spacial score (nSPS) is 16.4. The molecule has 7 nitrogen and oxygen atoms in total. The van der Waals surface area contributed by atoms with Gasteiger partial charge in [-0.1, -0.05) is 6.92 Å². The van der Waals surface area contributed by atoms with Gasteiger partial charge < -0.3 is 10.6 Å². The van der Waals surface area contributed by atoms with Gasteiger partial charge in [-0.15, -0.1) is 0 Å². The Hall–Kier alpha value is -1.63. The van der Waals surface area contributed by atoms with Crippen LogP contribution in [0.2, 0.25) is 0 Å². The molecular formula is C12H22N4O3. The molecule has 1 heterocycles. The van der Waals surface area contributed by atoms with E-state index in [9.17, 15) is 14.4 Å². The van der Waals surface area contributed by atoms with E-state index in [0.29, 0.717) is 26.2 Å². The Morgan fingerprint density at radius 1 is 1.47 bits per heavy atom. The highest BCUT2D eigenvalue weighted by Crippen LogP contribution is 2.07. The fourth-order valence-corrected chi connectivity index (χ4v) is 2.02. The van der Waals surface area contributed by atoms with Crippen LogP contribution < -0.4 is 10.6 Å². The zero-order chi connectivity index (χ0) is 14.4. The van der Waals surface area contributed by atoms with Crippen molar-refractivity contribution in [2.75, 3.05) is 32.7 Å². The summed E-state index contributed by atoms with van der Waals surface area (Å²) in [5.41, 5.74) is 0. The summed E-state index contributed by atoms with van der Waals surface area (Å²) in [4.78, 5) is 38.2. The van der Waals surface area contributed by atoms with Gasteiger partial charge in [0, 0.05) is 19.6 Å².